The molecule has 0 unspecified atom stereocenters. The summed E-state index contributed by atoms with van der Waals surface area (Å²) in [5.41, 5.74) is 0. The van der Waals surface area contributed by atoms with Gasteiger partial charge in [-0.25, -0.2) is 0 Å². The van der Waals surface area contributed by atoms with Gasteiger partial charge in [0.25, 0.3) is 0 Å². The van der Waals surface area contributed by atoms with Gasteiger partial charge in [0.05, 0.1) is 6.61 Å². The highest BCUT2D eigenvalue weighted by Gasteiger charge is 1.98. The van der Waals surface area contributed by atoms with Crippen molar-refractivity contribution in [2.24, 2.45) is 0 Å². The van der Waals surface area contributed by atoms with E-state index in [4.69, 9.17) is 9.47 Å². The van der Waals surface area contributed by atoms with Crippen LogP contribution in [0.4, 0.5) is 0 Å². The summed E-state index contributed by atoms with van der Waals surface area (Å²) in [6, 6.07) is 5.86. The molecule has 1 aromatic carbocycles. The van der Waals surface area contributed by atoms with Crippen molar-refractivity contribution in [3.05, 3.63) is 27.1 Å². The molecule has 0 aliphatic rings. The molecule has 0 aliphatic carbocycles. The zero-order valence-electron chi connectivity index (χ0n) is 7.93. The molecule has 1 aromatic rings. The molecular formula is C10H12Br2O2. The van der Waals surface area contributed by atoms with Gasteiger partial charge in [-0.15, -0.1) is 0 Å². The van der Waals surface area contributed by atoms with Crippen molar-refractivity contribution >= 4 is 31.9 Å². The first-order valence-electron chi connectivity index (χ1n) is 4.30. The Morgan fingerprint density at radius 3 is 2.29 bits per heavy atom. The quantitative estimate of drug-likeness (QED) is 0.770. The van der Waals surface area contributed by atoms with Crippen LogP contribution in [-0.2, 0) is 4.74 Å². The van der Waals surface area contributed by atoms with E-state index in [1.165, 1.54) is 0 Å². The summed E-state index contributed by atoms with van der Waals surface area (Å²) >= 11 is 6.80. The monoisotopic (exact) mass is 322 g/mol. The zero-order valence-corrected chi connectivity index (χ0v) is 11.1. The Morgan fingerprint density at radius 1 is 1.07 bits per heavy atom. The molecule has 4 heteroatoms. The molecule has 0 atom stereocenters. The average Bonchev–Trinajstić information content (AvgIpc) is 2.11. The molecule has 0 saturated carbocycles. The third kappa shape index (κ3) is 4.44. The van der Waals surface area contributed by atoms with Gasteiger partial charge in [-0.3, -0.25) is 0 Å². The van der Waals surface area contributed by atoms with Gasteiger partial charge >= 0.3 is 0 Å². The molecule has 0 aliphatic heterocycles. The van der Waals surface area contributed by atoms with Crippen molar-refractivity contribution in [3.8, 4) is 5.75 Å². The van der Waals surface area contributed by atoms with Gasteiger partial charge in [0.2, 0.25) is 0 Å². The lowest BCUT2D eigenvalue weighted by atomic mass is 10.3. The lowest BCUT2D eigenvalue weighted by Gasteiger charge is -2.06. The maximum Gasteiger partial charge on any atom is 0.121 e. The molecule has 0 aromatic heterocycles. The summed E-state index contributed by atoms with van der Waals surface area (Å²) in [7, 11) is 1.69. The zero-order chi connectivity index (χ0) is 10.4. The molecule has 0 saturated heterocycles. The van der Waals surface area contributed by atoms with Crippen molar-refractivity contribution in [1.82, 2.24) is 0 Å². The lowest BCUT2D eigenvalue weighted by Crippen LogP contribution is -2.01. The van der Waals surface area contributed by atoms with E-state index in [1.807, 2.05) is 18.2 Å². The summed E-state index contributed by atoms with van der Waals surface area (Å²) in [4.78, 5) is 0. The summed E-state index contributed by atoms with van der Waals surface area (Å²) < 4.78 is 12.5. The maximum absolute atomic E-state index is 5.53. The second kappa shape index (κ2) is 6.43. The Labute approximate surface area is 101 Å². The first-order chi connectivity index (χ1) is 6.72. The second-order valence-electron chi connectivity index (χ2n) is 2.80. The van der Waals surface area contributed by atoms with Crippen LogP contribution in [-0.4, -0.2) is 20.3 Å². The van der Waals surface area contributed by atoms with E-state index in [-0.39, 0.29) is 0 Å². The smallest absolute Gasteiger partial charge is 0.121 e. The highest BCUT2D eigenvalue weighted by Crippen LogP contribution is 2.24. The minimum absolute atomic E-state index is 0.677. The van der Waals surface area contributed by atoms with Crippen LogP contribution < -0.4 is 4.74 Å². The van der Waals surface area contributed by atoms with Crippen LogP contribution >= 0.6 is 31.9 Å². The average molecular weight is 324 g/mol. The predicted octanol–water partition coefficient (Wildman–Crippen LogP) is 3.63. The number of rotatable bonds is 5. The fourth-order valence-corrected chi connectivity index (χ4v) is 2.26. The second-order valence-corrected chi connectivity index (χ2v) is 4.63. The third-order valence-electron chi connectivity index (χ3n) is 1.60. The van der Waals surface area contributed by atoms with Crippen LogP contribution in [0.5, 0.6) is 5.75 Å². The van der Waals surface area contributed by atoms with E-state index in [2.05, 4.69) is 31.9 Å². The number of halogens is 2. The Hall–Kier alpha value is -0.0600. The van der Waals surface area contributed by atoms with Crippen LogP contribution in [0, 0.1) is 0 Å². The van der Waals surface area contributed by atoms with Crippen molar-refractivity contribution in [2.75, 3.05) is 20.3 Å². The number of benzene rings is 1. The minimum atomic E-state index is 0.677. The standard InChI is InChI=1S/C10H12Br2O2/c1-13-3-2-4-14-10-6-8(11)5-9(12)7-10/h5-7H,2-4H2,1H3. The lowest BCUT2D eigenvalue weighted by molar-refractivity contribution is 0.172. The third-order valence-corrected chi connectivity index (χ3v) is 2.51. The van der Waals surface area contributed by atoms with Gasteiger partial charge in [-0.05, 0) is 18.2 Å². The van der Waals surface area contributed by atoms with Crippen molar-refractivity contribution in [2.45, 2.75) is 6.42 Å². The van der Waals surface area contributed by atoms with Crippen molar-refractivity contribution < 1.29 is 9.47 Å². The highest BCUT2D eigenvalue weighted by molar-refractivity contribution is 9.11. The van der Waals surface area contributed by atoms with Crippen LogP contribution in [0.3, 0.4) is 0 Å². The van der Waals surface area contributed by atoms with E-state index in [0.717, 1.165) is 27.7 Å². The molecule has 0 N–H and O–H groups in total. The van der Waals surface area contributed by atoms with Crippen molar-refractivity contribution in [1.29, 1.82) is 0 Å². The molecule has 0 radical (unpaired) electrons. The van der Waals surface area contributed by atoms with Gasteiger partial charge in [0.15, 0.2) is 0 Å². The minimum Gasteiger partial charge on any atom is -0.493 e. The molecule has 0 bridgehead atoms. The molecule has 1 rings (SSSR count). The first-order valence-corrected chi connectivity index (χ1v) is 5.89. The van der Waals surface area contributed by atoms with E-state index in [0.29, 0.717) is 6.61 Å². The fourth-order valence-electron chi connectivity index (χ4n) is 1.01. The molecule has 0 spiro atoms. The summed E-state index contributed by atoms with van der Waals surface area (Å²) in [5.74, 6) is 0.863. The topological polar surface area (TPSA) is 18.5 Å². The SMILES string of the molecule is COCCCOc1cc(Br)cc(Br)c1. The number of methoxy groups -OCH3 is 1. The molecule has 2 nitrogen and oxygen atoms in total. The molecule has 0 fully saturated rings. The number of ether oxygens (including phenoxy) is 2. The first kappa shape index (κ1) is 12.0. The summed E-state index contributed by atoms with van der Waals surface area (Å²) in [5, 5.41) is 0. The Morgan fingerprint density at radius 2 is 1.71 bits per heavy atom. The molecule has 0 heterocycles. The van der Waals surface area contributed by atoms with E-state index in [9.17, 15) is 0 Å². The van der Waals surface area contributed by atoms with E-state index in [1.54, 1.807) is 7.11 Å². The van der Waals surface area contributed by atoms with Gasteiger partial charge in [0.1, 0.15) is 5.75 Å². The van der Waals surface area contributed by atoms with Crippen molar-refractivity contribution in [3.63, 3.8) is 0 Å². The molecule has 0 amide bonds. The van der Waals surface area contributed by atoms with Gasteiger partial charge in [0, 0.05) is 29.1 Å². The van der Waals surface area contributed by atoms with Crippen LogP contribution in [0.25, 0.3) is 0 Å². The number of hydrogen-bond donors (Lipinski definition) is 0. The molecule has 78 valence electrons. The van der Waals surface area contributed by atoms with E-state index >= 15 is 0 Å². The molecular weight excluding hydrogens is 312 g/mol. The van der Waals surface area contributed by atoms with Crippen LogP contribution in [0.1, 0.15) is 6.42 Å². The largest absolute Gasteiger partial charge is 0.493 e. The van der Waals surface area contributed by atoms with Gasteiger partial charge in [-0.1, -0.05) is 31.9 Å². The number of hydrogen-bond acceptors (Lipinski definition) is 2. The van der Waals surface area contributed by atoms with Gasteiger partial charge < -0.3 is 9.47 Å². The Balaban J connectivity index is 2.42. The Kier molecular flexibility index (Phi) is 5.52. The summed E-state index contributed by atoms with van der Waals surface area (Å²) in [6.07, 6.45) is 0.903. The Bertz CT molecular complexity index is 269. The highest BCUT2D eigenvalue weighted by atomic mass is 79.9. The van der Waals surface area contributed by atoms with Gasteiger partial charge in [-0.2, -0.15) is 0 Å². The predicted molar refractivity (Wildman–Crippen MR) is 63.8 cm³/mol. The maximum atomic E-state index is 5.53. The molecule has 14 heavy (non-hydrogen) atoms. The van der Waals surface area contributed by atoms with Crippen LogP contribution in [0.15, 0.2) is 27.1 Å². The fraction of sp³-hybridized carbons (Fsp3) is 0.400. The normalized spacial score (nSPS) is 10.2. The van der Waals surface area contributed by atoms with E-state index < -0.39 is 0 Å². The van der Waals surface area contributed by atoms with Crippen LogP contribution in [0.2, 0.25) is 0 Å². The summed E-state index contributed by atoms with van der Waals surface area (Å²) in [6.45, 7) is 1.41.